The molecule has 0 radical (unpaired) electrons. The van der Waals surface area contributed by atoms with E-state index in [2.05, 4.69) is 5.32 Å². The van der Waals surface area contributed by atoms with Crippen molar-refractivity contribution in [3.05, 3.63) is 0 Å². The first-order valence-corrected chi connectivity index (χ1v) is 8.74. The highest BCUT2D eigenvalue weighted by atomic mass is 32.2. The Labute approximate surface area is 120 Å². The molecule has 1 atom stereocenters. The first-order chi connectivity index (χ1) is 9.21. The molecule has 8 heteroatoms. The fourth-order valence-corrected chi connectivity index (χ4v) is 3.35. The van der Waals surface area contributed by atoms with Crippen LogP contribution >= 0.6 is 0 Å². The lowest BCUT2D eigenvalue weighted by molar-refractivity contribution is -0.145. The molecule has 0 spiro atoms. The second-order valence-corrected chi connectivity index (χ2v) is 7.98. The summed E-state index contributed by atoms with van der Waals surface area (Å²) in [4.78, 5) is 13.5. The van der Waals surface area contributed by atoms with E-state index in [9.17, 15) is 18.3 Å². The first-order valence-electron chi connectivity index (χ1n) is 6.89. The van der Waals surface area contributed by atoms with Gasteiger partial charge in [0.1, 0.15) is 5.54 Å². The number of carboxylic acid groups (broad SMARTS) is 1. The normalized spacial score (nSPS) is 25.3. The van der Waals surface area contributed by atoms with E-state index in [0.717, 1.165) is 12.8 Å². The summed E-state index contributed by atoms with van der Waals surface area (Å²) in [6, 6.07) is 0.313. The highest BCUT2D eigenvalue weighted by Gasteiger charge is 2.40. The van der Waals surface area contributed by atoms with Crippen LogP contribution in [0, 0.1) is 0 Å². The minimum atomic E-state index is -3.14. The highest BCUT2D eigenvalue weighted by Crippen LogP contribution is 2.23. The predicted octanol–water partition coefficient (Wildman–Crippen LogP) is -0.841. The summed E-state index contributed by atoms with van der Waals surface area (Å²) in [5.74, 6) is -0.852. The number of aliphatic carboxylic acids is 1. The molecule has 1 saturated carbocycles. The zero-order chi connectivity index (χ0) is 15.0. The SMILES string of the molecule is CC(CN1CCN(S(C)(=O)=O)CC1)(NC1CC1)C(=O)O. The number of carboxylic acids is 1. The lowest BCUT2D eigenvalue weighted by Gasteiger charge is -2.38. The fourth-order valence-electron chi connectivity index (χ4n) is 2.52. The molecule has 0 amide bonds. The van der Waals surface area contributed by atoms with E-state index in [1.807, 2.05) is 4.90 Å². The number of hydrogen-bond acceptors (Lipinski definition) is 5. The second-order valence-electron chi connectivity index (χ2n) is 5.99. The molecule has 1 saturated heterocycles. The van der Waals surface area contributed by atoms with Crippen molar-refractivity contribution in [2.75, 3.05) is 39.0 Å². The smallest absolute Gasteiger partial charge is 0.324 e. The molecule has 2 rings (SSSR count). The van der Waals surface area contributed by atoms with E-state index in [0.29, 0.717) is 38.8 Å². The number of hydrogen-bond donors (Lipinski definition) is 2. The molecule has 1 heterocycles. The molecule has 1 aliphatic heterocycles. The zero-order valence-corrected chi connectivity index (χ0v) is 12.8. The summed E-state index contributed by atoms with van der Waals surface area (Å²) in [6.45, 7) is 4.10. The Balaban J connectivity index is 1.91. The van der Waals surface area contributed by atoms with Crippen LogP contribution in [-0.2, 0) is 14.8 Å². The number of carbonyl (C=O) groups is 1. The summed E-state index contributed by atoms with van der Waals surface area (Å²) in [5.41, 5.74) is -0.964. The molecule has 116 valence electrons. The van der Waals surface area contributed by atoms with Gasteiger partial charge in [-0.1, -0.05) is 0 Å². The molecular formula is C12H23N3O4S. The van der Waals surface area contributed by atoms with Gasteiger partial charge in [-0.3, -0.25) is 15.0 Å². The van der Waals surface area contributed by atoms with Crippen LogP contribution in [0.2, 0.25) is 0 Å². The maximum atomic E-state index is 11.5. The molecular weight excluding hydrogens is 282 g/mol. The Kier molecular flexibility index (Phi) is 4.38. The molecule has 2 fully saturated rings. The Morgan fingerprint density at radius 3 is 2.25 bits per heavy atom. The van der Waals surface area contributed by atoms with E-state index in [1.54, 1.807) is 6.92 Å². The minimum Gasteiger partial charge on any atom is -0.480 e. The van der Waals surface area contributed by atoms with Gasteiger partial charge in [0.2, 0.25) is 10.0 Å². The van der Waals surface area contributed by atoms with Gasteiger partial charge in [-0.25, -0.2) is 8.42 Å². The summed E-state index contributed by atoms with van der Waals surface area (Å²) >= 11 is 0. The molecule has 0 aromatic heterocycles. The molecule has 1 aliphatic carbocycles. The van der Waals surface area contributed by atoms with Gasteiger partial charge in [-0.2, -0.15) is 4.31 Å². The van der Waals surface area contributed by atoms with Crippen LogP contribution in [0.15, 0.2) is 0 Å². The third-order valence-corrected chi connectivity index (χ3v) is 5.22. The quantitative estimate of drug-likeness (QED) is 0.665. The number of piperazine rings is 1. The standard InChI is InChI=1S/C12H23N3O4S/c1-12(11(16)17,13-10-3-4-10)9-14-5-7-15(8-6-14)20(2,18)19/h10,13H,3-9H2,1-2H3,(H,16,17). The predicted molar refractivity (Wildman–Crippen MR) is 75.1 cm³/mol. The summed E-state index contributed by atoms with van der Waals surface area (Å²) in [7, 11) is -3.14. The molecule has 0 aromatic rings. The van der Waals surface area contributed by atoms with Gasteiger partial charge < -0.3 is 5.11 Å². The van der Waals surface area contributed by atoms with Crippen molar-refractivity contribution in [2.24, 2.45) is 0 Å². The number of nitrogens with zero attached hydrogens (tertiary/aromatic N) is 2. The number of rotatable bonds is 6. The van der Waals surface area contributed by atoms with Gasteiger partial charge in [-0.05, 0) is 19.8 Å². The van der Waals surface area contributed by atoms with Gasteiger partial charge in [0, 0.05) is 38.8 Å². The van der Waals surface area contributed by atoms with E-state index < -0.39 is 21.5 Å². The summed E-state index contributed by atoms with van der Waals surface area (Å²) < 4.78 is 24.3. The largest absolute Gasteiger partial charge is 0.480 e. The van der Waals surface area contributed by atoms with Crippen LogP contribution in [0.1, 0.15) is 19.8 Å². The zero-order valence-electron chi connectivity index (χ0n) is 12.0. The van der Waals surface area contributed by atoms with E-state index in [1.165, 1.54) is 10.6 Å². The van der Waals surface area contributed by atoms with Gasteiger partial charge in [0.25, 0.3) is 0 Å². The summed E-state index contributed by atoms with van der Waals surface area (Å²) in [5, 5.41) is 12.6. The molecule has 20 heavy (non-hydrogen) atoms. The van der Waals surface area contributed by atoms with Crippen LogP contribution in [0.4, 0.5) is 0 Å². The fraction of sp³-hybridized carbons (Fsp3) is 0.917. The first kappa shape index (κ1) is 15.7. The van der Waals surface area contributed by atoms with Crippen molar-refractivity contribution in [3.63, 3.8) is 0 Å². The molecule has 7 nitrogen and oxygen atoms in total. The van der Waals surface area contributed by atoms with Gasteiger partial charge in [0.05, 0.1) is 6.26 Å². The van der Waals surface area contributed by atoms with Crippen LogP contribution in [-0.4, -0.2) is 79.3 Å². The maximum Gasteiger partial charge on any atom is 0.324 e. The third kappa shape index (κ3) is 3.91. The van der Waals surface area contributed by atoms with Gasteiger partial charge in [-0.15, -0.1) is 0 Å². The third-order valence-electron chi connectivity index (χ3n) is 3.91. The average molecular weight is 305 g/mol. The van der Waals surface area contributed by atoms with Crippen molar-refractivity contribution in [3.8, 4) is 0 Å². The number of sulfonamides is 1. The van der Waals surface area contributed by atoms with Crippen molar-refractivity contribution >= 4 is 16.0 Å². The Morgan fingerprint density at radius 1 is 1.30 bits per heavy atom. The van der Waals surface area contributed by atoms with Crippen LogP contribution in [0.5, 0.6) is 0 Å². The Bertz CT molecular complexity index is 469. The average Bonchev–Trinajstić information content (AvgIpc) is 3.12. The van der Waals surface area contributed by atoms with Crippen LogP contribution in [0.25, 0.3) is 0 Å². The molecule has 0 bridgehead atoms. The molecule has 2 aliphatic rings. The van der Waals surface area contributed by atoms with E-state index in [4.69, 9.17) is 0 Å². The Hall–Kier alpha value is -0.700. The van der Waals surface area contributed by atoms with Gasteiger partial charge >= 0.3 is 5.97 Å². The van der Waals surface area contributed by atoms with Crippen molar-refractivity contribution in [1.29, 1.82) is 0 Å². The van der Waals surface area contributed by atoms with Gasteiger partial charge in [0.15, 0.2) is 0 Å². The van der Waals surface area contributed by atoms with Crippen molar-refractivity contribution in [2.45, 2.75) is 31.3 Å². The van der Waals surface area contributed by atoms with Crippen LogP contribution < -0.4 is 5.32 Å². The van der Waals surface area contributed by atoms with E-state index >= 15 is 0 Å². The van der Waals surface area contributed by atoms with Crippen molar-refractivity contribution in [1.82, 2.24) is 14.5 Å². The lowest BCUT2D eigenvalue weighted by Crippen LogP contribution is -2.60. The minimum absolute atomic E-state index is 0.313. The highest BCUT2D eigenvalue weighted by molar-refractivity contribution is 7.88. The molecule has 1 unspecified atom stereocenters. The Morgan fingerprint density at radius 2 is 1.85 bits per heavy atom. The van der Waals surface area contributed by atoms with Crippen molar-refractivity contribution < 1.29 is 18.3 Å². The summed E-state index contributed by atoms with van der Waals surface area (Å²) in [6.07, 6.45) is 3.27. The molecule has 0 aromatic carbocycles. The molecule has 2 N–H and O–H groups in total. The van der Waals surface area contributed by atoms with E-state index in [-0.39, 0.29) is 0 Å². The topological polar surface area (TPSA) is 90.0 Å². The maximum absolute atomic E-state index is 11.5. The monoisotopic (exact) mass is 305 g/mol. The number of nitrogens with one attached hydrogen (secondary N) is 1. The van der Waals surface area contributed by atoms with Crippen LogP contribution in [0.3, 0.4) is 0 Å². The lowest BCUT2D eigenvalue weighted by atomic mass is 10.0. The second kappa shape index (κ2) is 5.59.